The monoisotopic (exact) mass is 220 g/mol. The average Bonchev–Trinajstić information content (AvgIpc) is 2.64. The fourth-order valence-corrected chi connectivity index (χ4v) is 2.47. The Balaban J connectivity index is 2.20. The minimum absolute atomic E-state index is 0.0277. The largest absolute Gasteiger partial charge is 0.289 e. The van der Waals surface area contributed by atoms with Crippen molar-refractivity contribution in [2.45, 2.75) is 5.92 Å². The quantitative estimate of drug-likeness (QED) is 0.671. The third kappa shape index (κ3) is 1.43. The Kier molecular flexibility index (Phi) is 2.19. The van der Waals surface area contributed by atoms with Gasteiger partial charge in [0.25, 0.3) is 0 Å². The van der Waals surface area contributed by atoms with E-state index in [9.17, 15) is 4.79 Å². The number of carbonyl (C=O) groups excluding carboxylic acids is 1. The third-order valence-electron chi connectivity index (χ3n) is 3.29. The number of Topliss-reactive ketones (excluding diaryl/α,β-unsaturated/α-hetero) is 1. The van der Waals surface area contributed by atoms with Gasteiger partial charge < -0.3 is 0 Å². The molecule has 0 bridgehead atoms. The number of benzene rings is 2. The Hall–Kier alpha value is -2.15. The summed E-state index contributed by atoms with van der Waals surface area (Å²) in [7, 11) is 0. The molecular weight excluding hydrogens is 208 g/mol. The van der Waals surface area contributed by atoms with Crippen LogP contribution in [0.25, 0.3) is 0 Å². The average molecular weight is 220 g/mol. The first-order valence-electron chi connectivity index (χ1n) is 5.66. The molecule has 0 saturated carbocycles. The maximum Gasteiger partial charge on any atom is 0.189 e. The number of hydrogen-bond donors (Lipinski definition) is 0. The summed E-state index contributed by atoms with van der Waals surface area (Å²) >= 11 is 0. The summed E-state index contributed by atoms with van der Waals surface area (Å²) in [5.41, 5.74) is 3.69. The molecule has 1 aliphatic carbocycles. The first-order valence-corrected chi connectivity index (χ1v) is 5.66. The van der Waals surface area contributed by atoms with Crippen LogP contribution in [0.3, 0.4) is 0 Å². The summed E-state index contributed by atoms with van der Waals surface area (Å²) in [5.74, 6) is 0.106. The molecule has 0 radical (unpaired) electrons. The highest BCUT2D eigenvalue weighted by Crippen LogP contribution is 2.40. The lowest BCUT2D eigenvalue weighted by molar-refractivity contribution is 0.103. The van der Waals surface area contributed by atoms with E-state index in [1.165, 1.54) is 0 Å². The molecule has 1 heteroatoms. The van der Waals surface area contributed by atoms with E-state index in [0.29, 0.717) is 5.57 Å². The molecule has 2 aromatic rings. The maximum absolute atomic E-state index is 12.1. The second kappa shape index (κ2) is 3.70. The molecule has 1 aliphatic rings. The first-order chi connectivity index (χ1) is 8.29. The van der Waals surface area contributed by atoms with E-state index in [-0.39, 0.29) is 11.7 Å². The molecule has 1 unspecified atom stereocenters. The number of carbonyl (C=O) groups is 1. The van der Waals surface area contributed by atoms with Gasteiger partial charge >= 0.3 is 0 Å². The molecule has 1 atom stereocenters. The van der Waals surface area contributed by atoms with Gasteiger partial charge in [-0.2, -0.15) is 0 Å². The summed E-state index contributed by atoms with van der Waals surface area (Å²) in [6.45, 7) is 3.96. The topological polar surface area (TPSA) is 17.1 Å². The minimum Gasteiger partial charge on any atom is -0.289 e. The molecule has 0 aliphatic heterocycles. The van der Waals surface area contributed by atoms with Gasteiger partial charge in [-0.15, -0.1) is 0 Å². The summed E-state index contributed by atoms with van der Waals surface area (Å²) in [4.78, 5) is 12.1. The Morgan fingerprint density at radius 2 is 1.53 bits per heavy atom. The molecule has 1 nitrogen and oxygen atoms in total. The molecule has 0 saturated heterocycles. The SMILES string of the molecule is C=C1C(=O)c2ccccc2C1c1ccccc1. The van der Waals surface area contributed by atoms with Gasteiger partial charge in [0.1, 0.15) is 0 Å². The lowest BCUT2D eigenvalue weighted by Crippen LogP contribution is -2.00. The number of fused-ring (bicyclic) bond motifs is 1. The molecule has 2 aromatic carbocycles. The maximum atomic E-state index is 12.1. The normalized spacial score (nSPS) is 18.2. The minimum atomic E-state index is 0.0277. The Morgan fingerprint density at radius 3 is 2.29 bits per heavy atom. The summed E-state index contributed by atoms with van der Waals surface area (Å²) in [6.07, 6.45) is 0. The number of rotatable bonds is 1. The Labute approximate surface area is 100 Å². The van der Waals surface area contributed by atoms with Crippen molar-refractivity contribution >= 4 is 5.78 Å². The van der Waals surface area contributed by atoms with Crippen LogP contribution in [0, 0.1) is 0 Å². The van der Waals surface area contributed by atoms with Crippen molar-refractivity contribution in [3.05, 3.63) is 83.4 Å². The van der Waals surface area contributed by atoms with Crippen molar-refractivity contribution < 1.29 is 4.79 Å². The molecule has 82 valence electrons. The van der Waals surface area contributed by atoms with Crippen LogP contribution in [0.2, 0.25) is 0 Å². The number of hydrogen-bond acceptors (Lipinski definition) is 1. The third-order valence-corrected chi connectivity index (χ3v) is 3.29. The van der Waals surface area contributed by atoms with Gasteiger partial charge in [-0.05, 0) is 11.1 Å². The van der Waals surface area contributed by atoms with Crippen LogP contribution in [-0.4, -0.2) is 5.78 Å². The Morgan fingerprint density at radius 1 is 0.882 bits per heavy atom. The van der Waals surface area contributed by atoms with Gasteiger partial charge in [0.05, 0.1) is 0 Å². The number of ketones is 1. The number of allylic oxidation sites excluding steroid dienone is 1. The van der Waals surface area contributed by atoms with Crippen LogP contribution in [0.5, 0.6) is 0 Å². The molecule has 0 aromatic heterocycles. The van der Waals surface area contributed by atoms with Crippen LogP contribution >= 0.6 is 0 Å². The first kappa shape index (κ1) is 10.0. The van der Waals surface area contributed by atoms with Crippen molar-refractivity contribution in [1.82, 2.24) is 0 Å². The predicted octanol–water partition coefficient (Wildman–Crippen LogP) is 3.57. The predicted molar refractivity (Wildman–Crippen MR) is 68.2 cm³/mol. The van der Waals surface area contributed by atoms with Crippen molar-refractivity contribution in [2.24, 2.45) is 0 Å². The van der Waals surface area contributed by atoms with E-state index in [0.717, 1.165) is 16.7 Å². The summed E-state index contributed by atoms with van der Waals surface area (Å²) in [6, 6.07) is 17.8. The van der Waals surface area contributed by atoms with Crippen molar-refractivity contribution in [1.29, 1.82) is 0 Å². The van der Waals surface area contributed by atoms with Crippen LogP contribution < -0.4 is 0 Å². The Bertz CT molecular complexity index is 596. The van der Waals surface area contributed by atoms with Gasteiger partial charge in [-0.1, -0.05) is 61.2 Å². The van der Waals surface area contributed by atoms with E-state index in [4.69, 9.17) is 0 Å². The standard InChI is InChI=1S/C16H12O/c1-11-15(12-7-3-2-4-8-12)13-9-5-6-10-14(13)16(11)17/h2-10,15H,1H2. The molecule has 0 N–H and O–H groups in total. The zero-order valence-electron chi connectivity index (χ0n) is 9.39. The van der Waals surface area contributed by atoms with Gasteiger partial charge in [0.2, 0.25) is 0 Å². The van der Waals surface area contributed by atoms with Gasteiger partial charge in [-0.25, -0.2) is 0 Å². The van der Waals surface area contributed by atoms with Crippen LogP contribution in [0.15, 0.2) is 66.7 Å². The molecule has 0 fully saturated rings. The van der Waals surface area contributed by atoms with E-state index in [1.54, 1.807) is 0 Å². The van der Waals surface area contributed by atoms with E-state index >= 15 is 0 Å². The van der Waals surface area contributed by atoms with Crippen LogP contribution in [0.1, 0.15) is 27.4 Å². The smallest absolute Gasteiger partial charge is 0.189 e. The van der Waals surface area contributed by atoms with E-state index in [1.807, 2.05) is 54.6 Å². The van der Waals surface area contributed by atoms with E-state index in [2.05, 4.69) is 6.58 Å². The zero-order chi connectivity index (χ0) is 11.8. The van der Waals surface area contributed by atoms with Crippen molar-refractivity contribution in [3.8, 4) is 0 Å². The lowest BCUT2D eigenvalue weighted by atomic mass is 9.91. The van der Waals surface area contributed by atoms with Gasteiger partial charge in [0.15, 0.2) is 5.78 Å². The molecule has 0 amide bonds. The highest BCUT2D eigenvalue weighted by Gasteiger charge is 2.33. The van der Waals surface area contributed by atoms with E-state index < -0.39 is 0 Å². The summed E-state index contributed by atoms with van der Waals surface area (Å²) in [5, 5.41) is 0. The second-order valence-corrected chi connectivity index (χ2v) is 4.29. The zero-order valence-corrected chi connectivity index (χ0v) is 9.39. The van der Waals surface area contributed by atoms with Crippen LogP contribution in [0.4, 0.5) is 0 Å². The van der Waals surface area contributed by atoms with Gasteiger partial charge in [-0.3, -0.25) is 4.79 Å². The van der Waals surface area contributed by atoms with Crippen molar-refractivity contribution in [3.63, 3.8) is 0 Å². The summed E-state index contributed by atoms with van der Waals surface area (Å²) < 4.78 is 0. The molecule has 3 rings (SSSR count). The van der Waals surface area contributed by atoms with Crippen molar-refractivity contribution in [2.75, 3.05) is 0 Å². The highest BCUT2D eigenvalue weighted by atomic mass is 16.1. The fourth-order valence-electron chi connectivity index (χ4n) is 2.47. The lowest BCUT2D eigenvalue weighted by Gasteiger charge is -2.12. The highest BCUT2D eigenvalue weighted by molar-refractivity contribution is 6.14. The second-order valence-electron chi connectivity index (χ2n) is 4.29. The van der Waals surface area contributed by atoms with Crippen LogP contribution in [-0.2, 0) is 0 Å². The molecule has 0 spiro atoms. The van der Waals surface area contributed by atoms with Gasteiger partial charge in [0, 0.05) is 17.1 Å². The fraction of sp³-hybridized carbons (Fsp3) is 0.0625. The molecule has 0 heterocycles. The molecule has 17 heavy (non-hydrogen) atoms. The molecular formula is C16H12O.